The highest BCUT2D eigenvalue weighted by molar-refractivity contribution is 5.88. The lowest BCUT2D eigenvalue weighted by Crippen LogP contribution is -2.24. The Balaban J connectivity index is 0.000000431. The molecule has 3 aromatic rings. The van der Waals surface area contributed by atoms with E-state index in [2.05, 4.69) is 109 Å². The first-order chi connectivity index (χ1) is 25.4. The summed E-state index contributed by atoms with van der Waals surface area (Å²) in [5.41, 5.74) is 8.71. The number of nitrogens with one attached hydrogen (secondary N) is 1. The normalized spacial score (nSPS) is 13.5. The predicted octanol–water partition coefficient (Wildman–Crippen LogP) is 17.0. The lowest BCUT2D eigenvalue weighted by atomic mass is 9.95. The van der Waals surface area contributed by atoms with Crippen LogP contribution in [0.1, 0.15) is 206 Å². The van der Waals surface area contributed by atoms with Crippen molar-refractivity contribution in [1.29, 1.82) is 0 Å². The second kappa shape index (κ2) is 30.7. The van der Waals surface area contributed by atoms with Gasteiger partial charge in [0, 0.05) is 11.4 Å². The molecule has 0 aliphatic heterocycles. The van der Waals surface area contributed by atoms with Crippen LogP contribution in [0.5, 0.6) is 0 Å². The van der Waals surface area contributed by atoms with Crippen LogP contribution in [-0.2, 0) is 0 Å². The third-order valence-electron chi connectivity index (χ3n) is 10.7. The van der Waals surface area contributed by atoms with E-state index in [0.29, 0.717) is 0 Å². The molecule has 53 heavy (non-hydrogen) atoms. The maximum Gasteiger partial charge on any atom is 0.133 e. The van der Waals surface area contributed by atoms with Crippen molar-refractivity contribution in [2.45, 2.75) is 203 Å². The Hall–Kier alpha value is -2.58. The summed E-state index contributed by atoms with van der Waals surface area (Å²) >= 11 is 0. The molecule has 1 aliphatic carbocycles. The second-order valence-corrected chi connectivity index (χ2v) is 15.8. The number of rotatable bonds is 24. The third kappa shape index (κ3) is 21.8. The molecule has 1 aromatic heterocycles. The lowest BCUT2D eigenvalue weighted by molar-refractivity contribution is 0.457. The monoisotopic (exact) mass is 728 g/mol. The molecular weight excluding hydrogens is 643 g/mol. The minimum absolute atomic E-state index is 0. The van der Waals surface area contributed by atoms with Gasteiger partial charge in [0.25, 0.3) is 0 Å². The van der Waals surface area contributed by atoms with Gasteiger partial charge in [0.2, 0.25) is 0 Å². The average molecular weight is 728 g/mol. The van der Waals surface area contributed by atoms with Gasteiger partial charge >= 0.3 is 0 Å². The Morgan fingerprint density at radius 1 is 0.736 bits per heavy atom. The van der Waals surface area contributed by atoms with Crippen LogP contribution >= 0.6 is 0 Å². The molecule has 1 heterocycles. The first-order valence-electron chi connectivity index (χ1n) is 22.0. The predicted molar refractivity (Wildman–Crippen MR) is 241 cm³/mol. The Labute approximate surface area is 330 Å². The molecule has 2 aromatic carbocycles. The standard InChI is InChI=1S/C24H26O.C15H30.C11H25N.CH4/c1-5-6-7-20(21-9-11-24-22(16-21)12-13-25-24)15-19(4)23-10-8-17(2)14-18(23)3;1-2-3-4-5-6-7-8-9-10-11-12-15-13-14-15;1-4-6-7-8-10-11(12-3)9-5-2;/h7-16H,5-6H2,1-4H3;15H,2-14H2,1H3;11-12H,4-10H2,1-3H3;1H4/b19-15-,20-7-;;;. The van der Waals surface area contributed by atoms with Gasteiger partial charge in [-0.3, -0.25) is 0 Å². The topological polar surface area (TPSA) is 25.2 Å². The van der Waals surface area contributed by atoms with E-state index in [-0.39, 0.29) is 7.43 Å². The minimum Gasteiger partial charge on any atom is -0.464 e. The van der Waals surface area contributed by atoms with Crippen molar-refractivity contribution in [2.24, 2.45) is 5.92 Å². The molecule has 0 spiro atoms. The molecule has 0 bridgehead atoms. The van der Waals surface area contributed by atoms with Gasteiger partial charge in [0.05, 0.1) is 6.26 Å². The molecule has 0 saturated heterocycles. The maximum atomic E-state index is 5.48. The molecule has 1 fully saturated rings. The zero-order chi connectivity index (χ0) is 37.8. The fourth-order valence-electron chi connectivity index (χ4n) is 7.20. The summed E-state index contributed by atoms with van der Waals surface area (Å²) in [7, 11) is 2.08. The highest BCUT2D eigenvalue weighted by atomic mass is 16.3. The number of hydrogen-bond acceptors (Lipinski definition) is 2. The van der Waals surface area contributed by atoms with Gasteiger partial charge in [0.15, 0.2) is 0 Å². The van der Waals surface area contributed by atoms with Gasteiger partial charge < -0.3 is 9.73 Å². The lowest BCUT2D eigenvalue weighted by Gasteiger charge is -2.14. The highest BCUT2D eigenvalue weighted by Crippen LogP contribution is 2.34. The number of aryl methyl sites for hydroxylation is 2. The fraction of sp³-hybridized carbons (Fsp3) is 0.647. The van der Waals surface area contributed by atoms with Crippen LogP contribution in [0.25, 0.3) is 22.1 Å². The number of allylic oxidation sites excluding steroid dienone is 4. The third-order valence-corrected chi connectivity index (χ3v) is 10.7. The van der Waals surface area contributed by atoms with Crippen LogP contribution in [0.2, 0.25) is 0 Å². The van der Waals surface area contributed by atoms with Gasteiger partial charge in [-0.15, -0.1) is 0 Å². The van der Waals surface area contributed by atoms with Crippen molar-refractivity contribution < 1.29 is 4.42 Å². The van der Waals surface area contributed by atoms with Gasteiger partial charge in [-0.25, -0.2) is 0 Å². The number of furan rings is 1. The molecule has 0 radical (unpaired) electrons. The molecule has 0 amide bonds. The van der Waals surface area contributed by atoms with Crippen LogP contribution in [-0.4, -0.2) is 13.1 Å². The molecule has 2 nitrogen and oxygen atoms in total. The Kier molecular flexibility index (Phi) is 28.1. The van der Waals surface area contributed by atoms with Crippen LogP contribution < -0.4 is 5.32 Å². The van der Waals surface area contributed by atoms with E-state index in [0.717, 1.165) is 35.8 Å². The number of hydrogen-bond donors (Lipinski definition) is 1. The number of fused-ring (bicyclic) bond motifs is 1. The molecular formula is C51H85NO. The summed E-state index contributed by atoms with van der Waals surface area (Å²) in [6.45, 7) is 15.6. The van der Waals surface area contributed by atoms with Crippen LogP contribution in [0.4, 0.5) is 0 Å². The minimum atomic E-state index is 0. The number of unbranched alkanes of at least 4 members (excludes halogenated alkanes) is 13. The summed E-state index contributed by atoms with van der Waals surface area (Å²) in [6, 6.07) is 15.9. The molecule has 4 rings (SSSR count). The maximum absolute atomic E-state index is 5.48. The smallest absolute Gasteiger partial charge is 0.133 e. The van der Waals surface area contributed by atoms with Crippen LogP contribution in [0.3, 0.4) is 0 Å². The van der Waals surface area contributed by atoms with E-state index < -0.39 is 0 Å². The Morgan fingerprint density at radius 2 is 1.38 bits per heavy atom. The summed E-state index contributed by atoms with van der Waals surface area (Å²) < 4.78 is 5.48. The first kappa shape index (κ1) is 48.4. The second-order valence-electron chi connectivity index (χ2n) is 15.8. The molecule has 1 saturated carbocycles. The van der Waals surface area contributed by atoms with E-state index in [4.69, 9.17) is 4.42 Å². The van der Waals surface area contributed by atoms with Crippen molar-refractivity contribution in [3.05, 3.63) is 83.1 Å². The van der Waals surface area contributed by atoms with Gasteiger partial charge in [-0.1, -0.05) is 199 Å². The van der Waals surface area contributed by atoms with E-state index in [1.54, 1.807) is 6.26 Å². The van der Waals surface area contributed by atoms with E-state index in [1.165, 1.54) is 162 Å². The molecule has 1 atom stereocenters. The average Bonchev–Trinajstić information content (AvgIpc) is 3.85. The van der Waals surface area contributed by atoms with E-state index in [1.807, 2.05) is 6.07 Å². The SMILES string of the molecule is C.CCC/C=C(/C=C(/C)c1ccc(C)cc1C)c1ccc2occc2c1.CCCCCCC(CCC)NC.CCCCCCCCCCCCC1CC1. The largest absolute Gasteiger partial charge is 0.464 e. The molecule has 1 aliphatic rings. The van der Waals surface area contributed by atoms with Crippen LogP contribution in [0.15, 0.2) is 65.3 Å². The molecule has 300 valence electrons. The summed E-state index contributed by atoms with van der Waals surface area (Å²) in [5.74, 6) is 1.15. The van der Waals surface area contributed by atoms with E-state index in [9.17, 15) is 0 Å². The van der Waals surface area contributed by atoms with E-state index >= 15 is 0 Å². The molecule has 1 unspecified atom stereocenters. The van der Waals surface area contributed by atoms with Crippen molar-refractivity contribution in [3.8, 4) is 0 Å². The van der Waals surface area contributed by atoms with Gasteiger partial charge in [0.1, 0.15) is 5.58 Å². The van der Waals surface area contributed by atoms with Crippen molar-refractivity contribution in [2.75, 3.05) is 7.05 Å². The quantitative estimate of drug-likeness (QED) is 0.0734. The first-order valence-corrected chi connectivity index (χ1v) is 22.0. The van der Waals surface area contributed by atoms with Crippen molar-refractivity contribution >= 4 is 22.1 Å². The van der Waals surface area contributed by atoms with Crippen molar-refractivity contribution in [3.63, 3.8) is 0 Å². The molecule has 1 N–H and O–H groups in total. The van der Waals surface area contributed by atoms with Gasteiger partial charge in [-0.2, -0.15) is 0 Å². The fourth-order valence-corrected chi connectivity index (χ4v) is 7.20. The highest BCUT2D eigenvalue weighted by Gasteiger charge is 2.19. The van der Waals surface area contributed by atoms with Crippen LogP contribution in [0, 0.1) is 19.8 Å². The summed E-state index contributed by atoms with van der Waals surface area (Å²) in [5, 5.41) is 4.53. The summed E-state index contributed by atoms with van der Waals surface area (Å²) in [4.78, 5) is 0. The molecule has 2 heteroatoms. The summed E-state index contributed by atoms with van der Waals surface area (Å²) in [6.07, 6.45) is 37.6. The zero-order valence-electron chi connectivity index (χ0n) is 35.4. The number of benzene rings is 2. The Bertz CT molecular complexity index is 1370. The van der Waals surface area contributed by atoms with Gasteiger partial charge in [-0.05, 0) is 99.0 Å². The van der Waals surface area contributed by atoms with Crippen molar-refractivity contribution in [1.82, 2.24) is 5.32 Å². The Morgan fingerprint density at radius 3 is 1.96 bits per heavy atom. The zero-order valence-corrected chi connectivity index (χ0v) is 35.4.